The van der Waals surface area contributed by atoms with E-state index in [0.29, 0.717) is 35.1 Å². The van der Waals surface area contributed by atoms with Gasteiger partial charge >= 0.3 is 5.97 Å². The van der Waals surface area contributed by atoms with Crippen molar-refractivity contribution in [2.75, 3.05) is 6.79 Å². The number of carboxylic acids is 1. The van der Waals surface area contributed by atoms with E-state index in [-0.39, 0.29) is 29.6 Å². The molecule has 1 aromatic heterocycles. The van der Waals surface area contributed by atoms with Gasteiger partial charge in [0.15, 0.2) is 11.5 Å². The SMILES string of the molecule is CC[C@@H](c1ccc2c(c1Cl)OCO2)N(Cc1ccc(C(=O)O)nc1)C(=O)c1cc(F)cc(F)c1. The maximum absolute atomic E-state index is 13.9. The zero-order valence-corrected chi connectivity index (χ0v) is 18.7. The fourth-order valence-corrected chi connectivity index (χ4v) is 4.16. The Kier molecular flexibility index (Phi) is 6.65. The van der Waals surface area contributed by atoms with E-state index in [4.69, 9.17) is 26.2 Å². The van der Waals surface area contributed by atoms with Gasteiger partial charge in [0.05, 0.1) is 11.1 Å². The summed E-state index contributed by atoms with van der Waals surface area (Å²) in [7, 11) is 0. The lowest BCUT2D eigenvalue weighted by Crippen LogP contribution is -2.34. The van der Waals surface area contributed by atoms with Crippen LogP contribution >= 0.6 is 11.6 Å². The Morgan fingerprint density at radius 2 is 1.88 bits per heavy atom. The molecule has 10 heteroatoms. The summed E-state index contributed by atoms with van der Waals surface area (Å²) in [6.07, 6.45) is 1.74. The fraction of sp³-hybridized carbons (Fsp3) is 0.208. The average molecular weight is 489 g/mol. The highest BCUT2D eigenvalue weighted by Gasteiger charge is 2.30. The zero-order chi connectivity index (χ0) is 24.4. The third-order valence-corrected chi connectivity index (χ3v) is 5.79. The fourth-order valence-electron chi connectivity index (χ4n) is 3.83. The first-order valence-electron chi connectivity index (χ1n) is 10.3. The smallest absolute Gasteiger partial charge is 0.354 e. The molecule has 2 aromatic carbocycles. The van der Waals surface area contributed by atoms with Crippen molar-refractivity contribution in [2.45, 2.75) is 25.9 Å². The van der Waals surface area contributed by atoms with Crippen molar-refractivity contribution in [1.29, 1.82) is 0 Å². The third-order valence-electron chi connectivity index (χ3n) is 5.40. The number of aromatic nitrogens is 1. The van der Waals surface area contributed by atoms with Gasteiger partial charge in [-0.25, -0.2) is 18.6 Å². The molecule has 0 saturated heterocycles. The number of pyridine rings is 1. The zero-order valence-electron chi connectivity index (χ0n) is 17.9. The molecular weight excluding hydrogens is 470 g/mol. The molecule has 0 aliphatic carbocycles. The van der Waals surface area contributed by atoms with Crippen LogP contribution in [0.2, 0.25) is 5.02 Å². The highest BCUT2D eigenvalue weighted by atomic mass is 35.5. The lowest BCUT2D eigenvalue weighted by atomic mass is 9.99. The van der Waals surface area contributed by atoms with E-state index in [1.165, 1.54) is 23.2 Å². The molecule has 0 radical (unpaired) electrons. The van der Waals surface area contributed by atoms with E-state index in [1.54, 1.807) is 12.1 Å². The first kappa shape index (κ1) is 23.4. The van der Waals surface area contributed by atoms with Gasteiger partial charge < -0.3 is 19.5 Å². The van der Waals surface area contributed by atoms with Crippen molar-refractivity contribution in [3.63, 3.8) is 0 Å². The molecule has 0 bridgehead atoms. The number of aromatic carboxylic acids is 1. The summed E-state index contributed by atoms with van der Waals surface area (Å²) < 4.78 is 38.6. The molecule has 1 aliphatic rings. The number of halogens is 3. The Balaban J connectivity index is 1.77. The highest BCUT2D eigenvalue weighted by molar-refractivity contribution is 6.33. The molecule has 1 atom stereocenters. The van der Waals surface area contributed by atoms with Crippen molar-refractivity contribution >= 4 is 23.5 Å². The average Bonchev–Trinajstić information content (AvgIpc) is 3.29. The minimum atomic E-state index is -1.19. The van der Waals surface area contributed by atoms with Crippen molar-refractivity contribution in [1.82, 2.24) is 9.88 Å². The van der Waals surface area contributed by atoms with Gasteiger partial charge in [0.2, 0.25) is 6.79 Å². The van der Waals surface area contributed by atoms with Crippen molar-refractivity contribution in [3.05, 3.63) is 87.7 Å². The minimum absolute atomic E-state index is 0.0160. The number of benzene rings is 2. The quantitative estimate of drug-likeness (QED) is 0.489. The number of carboxylic acid groups (broad SMARTS) is 1. The van der Waals surface area contributed by atoms with Crippen molar-refractivity contribution < 1.29 is 33.0 Å². The van der Waals surface area contributed by atoms with Crippen LogP contribution in [0.5, 0.6) is 11.5 Å². The van der Waals surface area contributed by atoms with E-state index < -0.39 is 29.6 Å². The summed E-state index contributed by atoms with van der Waals surface area (Å²) in [4.78, 5) is 30.0. The summed E-state index contributed by atoms with van der Waals surface area (Å²) in [6, 6.07) is 8.22. The van der Waals surface area contributed by atoms with Crippen LogP contribution in [0.15, 0.2) is 48.7 Å². The van der Waals surface area contributed by atoms with Gasteiger partial charge in [0.1, 0.15) is 17.3 Å². The Morgan fingerprint density at radius 3 is 2.50 bits per heavy atom. The van der Waals surface area contributed by atoms with Crippen LogP contribution < -0.4 is 9.47 Å². The summed E-state index contributed by atoms with van der Waals surface area (Å²) in [6.45, 7) is 1.83. The molecule has 7 nitrogen and oxygen atoms in total. The Labute approximate surface area is 198 Å². The second kappa shape index (κ2) is 9.64. The maximum atomic E-state index is 13.9. The Hall–Kier alpha value is -3.72. The topological polar surface area (TPSA) is 89.0 Å². The lowest BCUT2D eigenvalue weighted by Gasteiger charge is -2.32. The van der Waals surface area contributed by atoms with E-state index in [9.17, 15) is 18.4 Å². The van der Waals surface area contributed by atoms with Crippen molar-refractivity contribution in [3.8, 4) is 11.5 Å². The van der Waals surface area contributed by atoms with Crippen LogP contribution in [0.3, 0.4) is 0 Å². The van der Waals surface area contributed by atoms with Crippen LogP contribution in [0, 0.1) is 11.6 Å². The lowest BCUT2D eigenvalue weighted by molar-refractivity contribution is 0.0647. The predicted molar refractivity (Wildman–Crippen MR) is 118 cm³/mol. The number of carbonyl (C=O) groups is 2. The molecule has 0 saturated carbocycles. The van der Waals surface area contributed by atoms with Crippen LogP contribution in [0.4, 0.5) is 8.78 Å². The van der Waals surface area contributed by atoms with Crippen LogP contribution in [0.25, 0.3) is 0 Å². The molecule has 1 aliphatic heterocycles. The number of hydrogen-bond acceptors (Lipinski definition) is 5. The molecule has 3 aromatic rings. The van der Waals surface area contributed by atoms with E-state index >= 15 is 0 Å². The molecule has 1 amide bonds. The molecule has 4 rings (SSSR count). The second-order valence-electron chi connectivity index (χ2n) is 7.57. The van der Waals surface area contributed by atoms with E-state index in [0.717, 1.165) is 12.1 Å². The van der Waals surface area contributed by atoms with E-state index in [2.05, 4.69) is 4.98 Å². The van der Waals surface area contributed by atoms with Gasteiger partial charge in [-0.3, -0.25) is 4.79 Å². The monoisotopic (exact) mass is 488 g/mol. The van der Waals surface area contributed by atoms with E-state index in [1.807, 2.05) is 6.92 Å². The normalized spacial score (nSPS) is 12.9. The number of amides is 1. The molecular formula is C24H19ClF2N2O5. The number of ether oxygens (including phenoxy) is 2. The first-order valence-corrected chi connectivity index (χ1v) is 10.7. The largest absolute Gasteiger partial charge is 0.477 e. The molecule has 34 heavy (non-hydrogen) atoms. The molecule has 1 N–H and O–H groups in total. The van der Waals surface area contributed by atoms with Gasteiger partial charge in [-0.2, -0.15) is 0 Å². The second-order valence-corrected chi connectivity index (χ2v) is 7.95. The van der Waals surface area contributed by atoms with Gasteiger partial charge in [-0.1, -0.05) is 30.7 Å². The molecule has 0 fully saturated rings. The van der Waals surface area contributed by atoms with Crippen molar-refractivity contribution in [2.24, 2.45) is 0 Å². The molecule has 0 unspecified atom stereocenters. The van der Waals surface area contributed by atoms with Gasteiger partial charge in [-0.15, -0.1) is 0 Å². The Morgan fingerprint density at radius 1 is 1.15 bits per heavy atom. The van der Waals surface area contributed by atoms with Gasteiger partial charge in [0.25, 0.3) is 5.91 Å². The summed E-state index contributed by atoms with van der Waals surface area (Å²) in [5.41, 5.74) is 0.752. The highest BCUT2D eigenvalue weighted by Crippen LogP contribution is 2.44. The minimum Gasteiger partial charge on any atom is -0.477 e. The van der Waals surface area contributed by atoms with Gasteiger partial charge in [-0.05, 0) is 41.8 Å². The number of rotatable bonds is 7. The predicted octanol–water partition coefficient (Wildman–Crippen LogP) is 5.23. The summed E-state index contributed by atoms with van der Waals surface area (Å²) in [5, 5.41) is 9.36. The molecule has 2 heterocycles. The van der Waals surface area contributed by atoms with Crippen LogP contribution in [-0.4, -0.2) is 33.7 Å². The van der Waals surface area contributed by atoms with Crippen LogP contribution in [-0.2, 0) is 6.54 Å². The number of hydrogen-bond donors (Lipinski definition) is 1. The number of fused-ring (bicyclic) bond motifs is 1. The first-order chi connectivity index (χ1) is 16.3. The maximum Gasteiger partial charge on any atom is 0.354 e. The Bertz CT molecular complexity index is 1230. The standard InChI is InChI=1S/C24H19ClF2N2O5/c1-2-19(17-4-6-20-22(21(17)25)34-12-33-20)29(11-13-3-5-18(24(31)32)28-10-13)23(30)14-7-15(26)9-16(27)8-14/h3-10,19H,2,11-12H2,1H3,(H,31,32)/t19-/m0/s1. The third kappa shape index (κ3) is 4.65. The van der Waals surface area contributed by atoms with Gasteiger partial charge in [0, 0.05) is 24.4 Å². The summed E-state index contributed by atoms with van der Waals surface area (Å²) in [5.74, 6) is -2.76. The molecule has 0 spiro atoms. The number of carbonyl (C=O) groups excluding carboxylic acids is 1. The number of nitrogens with zero attached hydrogens (tertiary/aromatic N) is 2. The summed E-state index contributed by atoms with van der Waals surface area (Å²) >= 11 is 6.59. The molecule has 176 valence electrons. The van der Waals surface area contributed by atoms with Crippen LogP contribution in [0.1, 0.15) is 51.4 Å².